The number of carbonyl (C=O) groups is 1. The Bertz CT molecular complexity index is 2810. The van der Waals surface area contributed by atoms with Gasteiger partial charge in [0.05, 0.1) is 16.8 Å². The fourth-order valence-corrected chi connectivity index (χ4v) is 7.84. The average Bonchev–Trinajstić information content (AvgIpc) is 3.23. The molecule has 5 nitrogen and oxygen atoms in total. The predicted octanol–water partition coefficient (Wildman–Crippen LogP) is 13.8. The molecular weight excluding hydrogens is 879 g/mol. The Morgan fingerprint density at radius 1 is 0.561 bits per heavy atom. The van der Waals surface area contributed by atoms with Crippen LogP contribution in [-0.4, -0.2) is 25.8 Å². The zero-order valence-electron chi connectivity index (χ0n) is 33.1. The largest absolute Gasteiger partial charge is 0.512 e. The van der Waals surface area contributed by atoms with E-state index in [0.717, 1.165) is 79.9 Å². The molecular formula is C51H47IrN3O2-2. The molecule has 0 spiro atoms. The first-order valence-corrected chi connectivity index (χ1v) is 19.5. The van der Waals surface area contributed by atoms with Crippen molar-refractivity contribution in [3.05, 3.63) is 147 Å². The molecule has 12 bridgehead atoms. The maximum atomic E-state index is 11.7. The summed E-state index contributed by atoms with van der Waals surface area (Å²) in [6.07, 6.45) is 10.7. The van der Waals surface area contributed by atoms with Gasteiger partial charge in [-0.25, -0.2) is 0 Å². The van der Waals surface area contributed by atoms with Crippen molar-refractivity contribution in [2.75, 3.05) is 0 Å². The molecule has 3 heterocycles. The van der Waals surface area contributed by atoms with Crippen LogP contribution in [0.3, 0.4) is 0 Å². The molecule has 57 heavy (non-hydrogen) atoms. The summed E-state index contributed by atoms with van der Waals surface area (Å²) < 4.78 is 0. The predicted molar refractivity (Wildman–Crippen MR) is 238 cm³/mol. The van der Waals surface area contributed by atoms with Gasteiger partial charge in [-0.2, -0.15) is 0 Å². The Morgan fingerprint density at radius 2 is 1.02 bits per heavy atom. The van der Waals surface area contributed by atoms with Crippen LogP contribution in [0.2, 0.25) is 0 Å². The van der Waals surface area contributed by atoms with Gasteiger partial charge in [0.25, 0.3) is 0 Å². The minimum Gasteiger partial charge on any atom is -0.512 e. The number of hydrogen-bond acceptors (Lipinski definition) is 5. The van der Waals surface area contributed by atoms with E-state index in [1.165, 1.54) is 38.4 Å². The molecule has 0 fully saturated rings. The topological polar surface area (TPSA) is 76.0 Å². The van der Waals surface area contributed by atoms with Gasteiger partial charge in [-0.3, -0.25) is 14.8 Å². The van der Waals surface area contributed by atoms with Crippen LogP contribution in [-0.2, 0) is 24.9 Å². The van der Waals surface area contributed by atoms with E-state index in [4.69, 9.17) is 15.0 Å². The molecule has 1 N–H and O–H groups in total. The molecule has 9 rings (SSSR count). The Morgan fingerprint density at radius 3 is 1.53 bits per heavy atom. The van der Waals surface area contributed by atoms with Gasteiger partial charge in [0.15, 0.2) is 5.78 Å². The molecule has 0 saturated carbocycles. The average molecular weight is 926 g/mol. The zero-order valence-corrected chi connectivity index (χ0v) is 35.5. The van der Waals surface area contributed by atoms with Gasteiger partial charge in [-0.15, -0.1) is 23.6 Å². The number of aromatic nitrogens is 3. The van der Waals surface area contributed by atoms with Crippen molar-refractivity contribution in [2.45, 2.75) is 53.4 Å². The number of aliphatic hydroxyl groups is 1. The molecule has 1 radical (unpaired) electrons. The Balaban J connectivity index is 0.000000280. The second-order valence-corrected chi connectivity index (χ2v) is 14.5. The van der Waals surface area contributed by atoms with E-state index >= 15 is 0 Å². The number of carbonyl (C=O) groups excluding carboxylic acids is 1. The second kappa shape index (κ2) is 17.7. The van der Waals surface area contributed by atoms with Crippen molar-refractivity contribution in [3.63, 3.8) is 0 Å². The normalized spacial score (nSPS) is 11.7. The first-order valence-electron chi connectivity index (χ1n) is 19.5. The van der Waals surface area contributed by atoms with Crippen LogP contribution in [0.15, 0.2) is 134 Å². The molecule has 6 aromatic carbocycles. The van der Waals surface area contributed by atoms with Crippen molar-refractivity contribution in [1.29, 1.82) is 0 Å². The summed E-state index contributed by atoms with van der Waals surface area (Å²) in [5, 5.41) is 24.4. The van der Waals surface area contributed by atoms with E-state index in [-0.39, 0.29) is 50.9 Å². The minimum atomic E-state index is 0. The number of benzene rings is 5. The van der Waals surface area contributed by atoms with E-state index in [0.29, 0.717) is 0 Å². The van der Waals surface area contributed by atoms with Crippen molar-refractivity contribution >= 4 is 92.4 Å². The number of allylic oxidation sites excluding steroid dienone is 2. The summed E-state index contributed by atoms with van der Waals surface area (Å²) in [5.41, 5.74) is 2.84. The standard InChI is InChI=1S/C37H20N3.C13H24O2.CH3.Ir/c1-3-22-13-24(5-1)26-9-11-35-33(15-26)31-17-28(7-8-29(31)19-38-35)37-18-32-30(21-40-37)20-39-36-12-10-27(16-34(32)36)25-6-2-4-23(22)14-25;1-5-10(6-2)12(14)9-13(15)11(7-3)8-4;;/h1-6,8-21H;9-11,14H,5-8H2,1-4H3;1H3;/q-1;;-1;/b;12-9-;;. The van der Waals surface area contributed by atoms with Crippen LogP contribution in [0, 0.1) is 25.3 Å². The number of nitrogens with zero attached hydrogens (tertiary/aromatic N) is 3. The quantitative estimate of drug-likeness (QED) is 0.0746. The molecule has 9 aromatic rings. The van der Waals surface area contributed by atoms with Gasteiger partial charge in [0, 0.05) is 61.2 Å². The summed E-state index contributed by atoms with van der Waals surface area (Å²) in [6.45, 7) is 8.07. The van der Waals surface area contributed by atoms with Crippen LogP contribution in [0.5, 0.6) is 0 Å². The molecule has 289 valence electrons. The summed E-state index contributed by atoms with van der Waals surface area (Å²) in [5.74, 6) is 0.547. The van der Waals surface area contributed by atoms with Crippen LogP contribution in [0.4, 0.5) is 0 Å². The minimum absolute atomic E-state index is 0. The SMILES string of the molecule is CCC(CC)C(=O)/C=C(\O)C(CC)CC.[CH3-].[Ir].[c-]1cc2cnc3ccc4cc3c2cc1c1cc2c(cn1)cnc1ccc(cc12)c1cccc(c1)c1cccc4c1. The van der Waals surface area contributed by atoms with Crippen LogP contribution >= 0.6 is 0 Å². The van der Waals surface area contributed by atoms with Gasteiger partial charge in [0.2, 0.25) is 0 Å². The van der Waals surface area contributed by atoms with E-state index in [1.54, 1.807) is 0 Å². The first-order chi connectivity index (χ1) is 26.9. The zero-order chi connectivity index (χ0) is 38.1. The Labute approximate surface area is 347 Å². The fourth-order valence-electron chi connectivity index (χ4n) is 7.84. The molecule has 3 aromatic heterocycles. The number of ketones is 1. The van der Waals surface area contributed by atoms with Gasteiger partial charge in [-0.05, 0) is 117 Å². The van der Waals surface area contributed by atoms with Crippen LogP contribution in [0.1, 0.15) is 53.4 Å². The molecule has 0 saturated heterocycles. The summed E-state index contributed by atoms with van der Waals surface area (Å²) in [6, 6.07) is 40.6. The maximum absolute atomic E-state index is 11.7. The molecule has 0 atom stereocenters. The summed E-state index contributed by atoms with van der Waals surface area (Å²) >= 11 is 0. The molecule has 0 aliphatic carbocycles. The third-order valence-electron chi connectivity index (χ3n) is 11.3. The molecule has 6 heteroatoms. The molecule has 0 amide bonds. The van der Waals surface area contributed by atoms with Crippen molar-refractivity contribution in [1.82, 2.24) is 15.0 Å². The van der Waals surface area contributed by atoms with Gasteiger partial charge in [-0.1, -0.05) is 93.1 Å². The van der Waals surface area contributed by atoms with Crippen molar-refractivity contribution in [3.8, 4) is 0 Å². The smallest absolute Gasteiger partial charge is 0.162 e. The summed E-state index contributed by atoms with van der Waals surface area (Å²) in [7, 11) is 0. The number of pyridine rings is 3. The van der Waals surface area contributed by atoms with Gasteiger partial charge >= 0.3 is 0 Å². The first kappa shape index (κ1) is 41.1. The maximum Gasteiger partial charge on any atom is 0.162 e. The molecule has 0 aliphatic rings. The van der Waals surface area contributed by atoms with Gasteiger partial charge in [0.1, 0.15) is 0 Å². The third-order valence-corrected chi connectivity index (χ3v) is 11.3. The Hall–Kier alpha value is -5.55. The van der Waals surface area contributed by atoms with Crippen molar-refractivity contribution in [2.24, 2.45) is 11.8 Å². The van der Waals surface area contributed by atoms with Crippen LogP contribution < -0.4 is 0 Å². The third kappa shape index (κ3) is 8.16. The number of fused-ring (bicyclic) bond motifs is 12. The number of aliphatic hydroxyl groups excluding tert-OH is 1. The number of rotatable bonds is 7. The monoisotopic (exact) mass is 926 g/mol. The second-order valence-electron chi connectivity index (χ2n) is 14.5. The van der Waals surface area contributed by atoms with E-state index in [1.807, 2.05) is 52.4 Å². The van der Waals surface area contributed by atoms with E-state index < -0.39 is 0 Å². The van der Waals surface area contributed by atoms with Crippen molar-refractivity contribution < 1.29 is 30.0 Å². The fraction of sp³-hybridized carbons (Fsp3) is 0.196. The van der Waals surface area contributed by atoms with E-state index in [9.17, 15) is 9.90 Å². The number of hydrogen-bond donors (Lipinski definition) is 1. The summed E-state index contributed by atoms with van der Waals surface area (Å²) in [4.78, 5) is 26.0. The molecule has 0 aliphatic heterocycles. The van der Waals surface area contributed by atoms with Crippen LogP contribution in [0.25, 0.3) is 86.6 Å². The van der Waals surface area contributed by atoms with Gasteiger partial charge < -0.3 is 17.5 Å². The van der Waals surface area contributed by atoms with E-state index in [2.05, 4.69) is 103 Å². The molecule has 0 unspecified atom stereocenters. The Kier molecular flexibility index (Phi) is 12.8.